The standard InChI is InChI=1S/C30H34N2O4Si/c1-33-25-17-13-23(14-18-25)21-31-27-9-5-7-11-29(27)35-37(3,4)36-30-12-8-6-10-28(30)32-22-24-15-19-26(34-2)20-16-24/h5-20,31-32H,21-22H2,1-4H3. The molecule has 0 spiro atoms. The molecule has 4 aromatic rings. The number of hydrogen-bond donors (Lipinski definition) is 2. The molecule has 0 aliphatic heterocycles. The minimum Gasteiger partial charge on any atom is -0.510 e. The molecule has 4 aromatic carbocycles. The fraction of sp³-hybridized carbons (Fsp3) is 0.200. The molecule has 0 radical (unpaired) electrons. The van der Waals surface area contributed by atoms with Crippen molar-refractivity contribution in [3.8, 4) is 23.0 Å². The zero-order valence-electron chi connectivity index (χ0n) is 21.8. The van der Waals surface area contributed by atoms with Gasteiger partial charge in [0.2, 0.25) is 0 Å². The number of para-hydroxylation sites is 4. The molecule has 7 heteroatoms. The van der Waals surface area contributed by atoms with Gasteiger partial charge in [0.15, 0.2) is 0 Å². The van der Waals surface area contributed by atoms with Crippen molar-refractivity contribution in [2.45, 2.75) is 26.2 Å². The lowest BCUT2D eigenvalue weighted by Crippen LogP contribution is -2.42. The van der Waals surface area contributed by atoms with Crippen LogP contribution in [0.2, 0.25) is 13.1 Å². The van der Waals surface area contributed by atoms with Gasteiger partial charge >= 0.3 is 8.56 Å². The van der Waals surface area contributed by atoms with Crippen LogP contribution in [-0.2, 0) is 13.1 Å². The molecule has 0 aromatic heterocycles. The van der Waals surface area contributed by atoms with Crippen molar-refractivity contribution in [1.29, 1.82) is 0 Å². The summed E-state index contributed by atoms with van der Waals surface area (Å²) in [6, 6.07) is 32.0. The Bertz CT molecular complexity index is 1180. The lowest BCUT2D eigenvalue weighted by molar-refractivity contribution is 0.401. The predicted octanol–water partition coefficient (Wildman–Crippen LogP) is 7.09. The average Bonchev–Trinajstić information content (AvgIpc) is 2.92. The number of hydrogen-bond acceptors (Lipinski definition) is 6. The zero-order valence-corrected chi connectivity index (χ0v) is 22.8. The second-order valence-corrected chi connectivity index (χ2v) is 12.2. The van der Waals surface area contributed by atoms with E-state index in [1.54, 1.807) is 14.2 Å². The summed E-state index contributed by atoms with van der Waals surface area (Å²) in [6.07, 6.45) is 0. The van der Waals surface area contributed by atoms with Crippen LogP contribution in [0.1, 0.15) is 11.1 Å². The molecule has 0 saturated carbocycles. The van der Waals surface area contributed by atoms with Gasteiger partial charge in [-0.25, -0.2) is 0 Å². The van der Waals surface area contributed by atoms with Crippen LogP contribution in [-0.4, -0.2) is 22.8 Å². The van der Waals surface area contributed by atoms with E-state index in [0.717, 1.165) is 45.5 Å². The van der Waals surface area contributed by atoms with Crippen LogP contribution in [0.4, 0.5) is 11.4 Å². The van der Waals surface area contributed by atoms with Crippen molar-refractivity contribution in [2.24, 2.45) is 0 Å². The highest BCUT2D eigenvalue weighted by Crippen LogP contribution is 2.31. The summed E-state index contributed by atoms with van der Waals surface area (Å²) in [4.78, 5) is 0. The molecule has 0 bridgehead atoms. The number of anilines is 2. The van der Waals surface area contributed by atoms with Crippen molar-refractivity contribution in [1.82, 2.24) is 0 Å². The van der Waals surface area contributed by atoms with Crippen molar-refractivity contribution in [3.05, 3.63) is 108 Å². The fourth-order valence-corrected chi connectivity index (χ4v) is 5.29. The van der Waals surface area contributed by atoms with E-state index in [4.69, 9.17) is 18.3 Å². The topological polar surface area (TPSA) is 61.0 Å². The monoisotopic (exact) mass is 514 g/mol. The first-order valence-electron chi connectivity index (χ1n) is 12.3. The van der Waals surface area contributed by atoms with Gasteiger partial charge in [0.25, 0.3) is 0 Å². The molecule has 0 aliphatic rings. The third kappa shape index (κ3) is 7.44. The van der Waals surface area contributed by atoms with Gasteiger partial charge in [-0.05, 0) is 59.7 Å². The van der Waals surface area contributed by atoms with Crippen LogP contribution < -0.4 is 29.0 Å². The Kier molecular flexibility index (Phi) is 8.59. The Morgan fingerprint density at radius 2 is 0.919 bits per heavy atom. The Morgan fingerprint density at radius 3 is 1.30 bits per heavy atom. The van der Waals surface area contributed by atoms with E-state index >= 15 is 0 Å². The predicted molar refractivity (Wildman–Crippen MR) is 152 cm³/mol. The van der Waals surface area contributed by atoms with Crippen LogP contribution in [0.25, 0.3) is 0 Å². The second-order valence-electron chi connectivity index (χ2n) is 9.00. The first-order valence-corrected chi connectivity index (χ1v) is 15.1. The van der Waals surface area contributed by atoms with Crippen molar-refractivity contribution < 1.29 is 18.3 Å². The summed E-state index contributed by atoms with van der Waals surface area (Å²) in [6.45, 7) is 5.44. The van der Waals surface area contributed by atoms with Crippen LogP contribution in [0.15, 0.2) is 97.1 Å². The second kappa shape index (κ2) is 12.2. The third-order valence-electron chi connectivity index (χ3n) is 5.77. The number of nitrogens with one attached hydrogen (secondary N) is 2. The van der Waals surface area contributed by atoms with Crippen molar-refractivity contribution >= 4 is 19.9 Å². The maximum atomic E-state index is 6.50. The summed E-state index contributed by atoms with van der Waals surface area (Å²) in [5.41, 5.74) is 4.15. The fourth-order valence-electron chi connectivity index (χ4n) is 3.84. The molecule has 0 atom stereocenters. The zero-order chi connectivity index (χ0) is 26.1. The van der Waals surface area contributed by atoms with E-state index in [1.807, 2.05) is 110 Å². The summed E-state index contributed by atoms with van der Waals surface area (Å²) < 4.78 is 23.5. The summed E-state index contributed by atoms with van der Waals surface area (Å²) >= 11 is 0. The molecule has 0 aliphatic carbocycles. The quantitative estimate of drug-likeness (QED) is 0.197. The van der Waals surface area contributed by atoms with Gasteiger partial charge in [0.05, 0.1) is 25.6 Å². The highest BCUT2D eigenvalue weighted by atomic mass is 28.4. The SMILES string of the molecule is COc1ccc(CNc2ccccc2O[Si](C)(C)Oc2ccccc2NCc2ccc(OC)cc2)cc1. The number of rotatable bonds is 12. The molecule has 0 fully saturated rings. The molecule has 37 heavy (non-hydrogen) atoms. The normalized spacial score (nSPS) is 10.9. The van der Waals surface area contributed by atoms with E-state index < -0.39 is 8.56 Å². The molecule has 0 unspecified atom stereocenters. The maximum absolute atomic E-state index is 6.50. The third-order valence-corrected chi connectivity index (χ3v) is 7.19. The van der Waals surface area contributed by atoms with Crippen molar-refractivity contribution in [2.75, 3.05) is 24.9 Å². The minimum absolute atomic E-state index is 0.672. The van der Waals surface area contributed by atoms with Gasteiger partial charge < -0.3 is 29.0 Å². The van der Waals surface area contributed by atoms with Gasteiger partial charge in [-0.3, -0.25) is 0 Å². The van der Waals surface area contributed by atoms with Crippen molar-refractivity contribution in [3.63, 3.8) is 0 Å². The molecule has 6 nitrogen and oxygen atoms in total. The van der Waals surface area contributed by atoms with E-state index in [0.29, 0.717) is 13.1 Å². The van der Waals surface area contributed by atoms with Gasteiger partial charge in [-0.2, -0.15) is 0 Å². The van der Waals surface area contributed by atoms with Crippen LogP contribution in [0, 0.1) is 0 Å². The van der Waals surface area contributed by atoms with Crippen LogP contribution >= 0.6 is 0 Å². The molecule has 0 amide bonds. The maximum Gasteiger partial charge on any atom is 0.454 e. The highest BCUT2D eigenvalue weighted by molar-refractivity contribution is 6.66. The average molecular weight is 515 g/mol. The number of methoxy groups -OCH3 is 2. The van der Waals surface area contributed by atoms with Gasteiger partial charge in [-0.1, -0.05) is 48.5 Å². The Morgan fingerprint density at radius 1 is 0.541 bits per heavy atom. The Balaban J connectivity index is 1.41. The summed E-state index contributed by atoms with van der Waals surface area (Å²) in [5, 5.41) is 6.98. The van der Waals surface area contributed by atoms with Crippen LogP contribution in [0.5, 0.6) is 23.0 Å². The van der Waals surface area contributed by atoms with E-state index in [-0.39, 0.29) is 0 Å². The molecule has 0 heterocycles. The lowest BCUT2D eigenvalue weighted by Gasteiger charge is -2.27. The Labute approximate surface area is 220 Å². The molecule has 2 N–H and O–H groups in total. The molecule has 192 valence electrons. The molecule has 4 rings (SSSR count). The van der Waals surface area contributed by atoms with Gasteiger partial charge in [0, 0.05) is 26.2 Å². The lowest BCUT2D eigenvalue weighted by atomic mass is 10.2. The summed E-state index contributed by atoms with van der Waals surface area (Å²) in [7, 11) is 0.739. The largest absolute Gasteiger partial charge is 0.510 e. The first kappa shape index (κ1) is 26.0. The number of benzene rings is 4. The first-order chi connectivity index (χ1) is 18.0. The Hall–Kier alpha value is -4.10. The highest BCUT2D eigenvalue weighted by Gasteiger charge is 2.31. The van der Waals surface area contributed by atoms with Gasteiger partial charge in [0.1, 0.15) is 23.0 Å². The molecular weight excluding hydrogens is 480 g/mol. The number of ether oxygens (including phenoxy) is 2. The smallest absolute Gasteiger partial charge is 0.454 e. The van der Waals surface area contributed by atoms with E-state index in [9.17, 15) is 0 Å². The van der Waals surface area contributed by atoms with Crippen LogP contribution in [0.3, 0.4) is 0 Å². The molecule has 0 saturated heterocycles. The van der Waals surface area contributed by atoms with E-state index in [2.05, 4.69) is 10.6 Å². The van der Waals surface area contributed by atoms with Gasteiger partial charge in [-0.15, -0.1) is 0 Å². The van der Waals surface area contributed by atoms with E-state index in [1.165, 1.54) is 0 Å². The summed E-state index contributed by atoms with van der Waals surface area (Å²) in [5.74, 6) is 3.24. The molecular formula is C30H34N2O4Si. The minimum atomic E-state index is -2.60.